The third-order valence-corrected chi connectivity index (χ3v) is 17.1. The van der Waals surface area contributed by atoms with Crippen molar-refractivity contribution >= 4 is 17.9 Å². The highest BCUT2D eigenvalue weighted by atomic mass is 16.7. The summed E-state index contributed by atoms with van der Waals surface area (Å²) in [6.07, 6.45) is 86.8. The van der Waals surface area contributed by atoms with E-state index >= 15 is 0 Å². The quantitative estimate of drug-likeness (QED) is 0.0211. The van der Waals surface area contributed by atoms with Gasteiger partial charge in [-0.25, -0.2) is 4.79 Å². The van der Waals surface area contributed by atoms with Gasteiger partial charge >= 0.3 is 17.9 Å². The fourth-order valence-electron chi connectivity index (χ4n) is 11.3. The molecule has 0 fully saturated rings. The van der Waals surface area contributed by atoms with Gasteiger partial charge in [0.1, 0.15) is 13.2 Å². The zero-order chi connectivity index (χ0) is 63.3. The van der Waals surface area contributed by atoms with Gasteiger partial charge < -0.3 is 28.5 Å². The molecule has 2 atom stereocenters. The number of ether oxygens (including phenoxy) is 4. The number of aliphatic carboxylic acids is 1. The van der Waals surface area contributed by atoms with E-state index in [-0.39, 0.29) is 32.2 Å². The second kappa shape index (κ2) is 69.1. The average molecular weight is 1230 g/mol. The van der Waals surface area contributed by atoms with Crippen LogP contribution in [0.2, 0.25) is 0 Å². The summed E-state index contributed by atoms with van der Waals surface area (Å²) in [6.45, 7) is 4.92. The smallest absolute Gasteiger partial charge is 0.361 e. The Morgan fingerprint density at radius 1 is 0.345 bits per heavy atom. The molecule has 0 heterocycles. The third kappa shape index (κ3) is 70.6. The Bertz CT molecular complexity index is 1570. The van der Waals surface area contributed by atoms with Gasteiger partial charge in [-0.15, -0.1) is 0 Å². The van der Waals surface area contributed by atoms with E-state index in [1.807, 2.05) is 21.1 Å². The molecule has 9 nitrogen and oxygen atoms in total. The second-order valence-corrected chi connectivity index (χ2v) is 27.0. The highest BCUT2D eigenvalue weighted by Crippen LogP contribution is 2.19. The number of hydrogen-bond acceptors (Lipinski definition) is 7. The summed E-state index contributed by atoms with van der Waals surface area (Å²) in [5.41, 5.74) is 0. The molecule has 0 aliphatic carbocycles. The summed E-state index contributed by atoms with van der Waals surface area (Å²) in [5.74, 6) is -1.99. The number of allylic oxidation sites excluding steroid dienone is 8. The van der Waals surface area contributed by atoms with Gasteiger partial charge in [0.15, 0.2) is 6.10 Å². The summed E-state index contributed by atoms with van der Waals surface area (Å²) in [4.78, 5) is 37.7. The predicted molar refractivity (Wildman–Crippen MR) is 374 cm³/mol. The van der Waals surface area contributed by atoms with Gasteiger partial charge in [0.05, 0.1) is 34.4 Å². The molecule has 0 aromatic heterocycles. The monoisotopic (exact) mass is 1230 g/mol. The first-order valence-electron chi connectivity index (χ1n) is 37.8. The van der Waals surface area contributed by atoms with Crippen LogP contribution in [0.1, 0.15) is 373 Å². The summed E-state index contributed by atoms with van der Waals surface area (Å²) < 4.78 is 23.0. The Balaban J connectivity index is 3.99. The molecule has 0 saturated heterocycles. The van der Waals surface area contributed by atoms with Gasteiger partial charge in [0.25, 0.3) is 6.29 Å². The topological polar surface area (TPSA) is 108 Å². The number of nitrogens with zero attached hydrogens (tertiary/aromatic N) is 1. The summed E-state index contributed by atoms with van der Waals surface area (Å²) in [6, 6.07) is 0. The van der Waals surface area contributed by atoms with Crippen LogP contribution >= 0.6 is 0 Å². The fourth-order valence-corrected chi connectivity index (χ4v) is 11.3. The number of carbonyl (C=O) groups excluding carboxylic acids is 2. The lowest BCUT2D eigenvalue weighted by atomic mass is 10.0. The lowest BCUT2D eigenvalue weighted by molar-refractivity contribution is -0.870. The first kappa shape index (κ1) is 84.2. The normalized spacial score (nSPS) is 12.9. The maximum absolute atomic E-state index is 12.9. The van der Waals surface area contributed by atoms with Crippen LogP contribution in [0, 0.1) is 0 Å². The maximum atomic E-state index is 12.9. The molecule has 2 unspecified atom stereocenters. The predicted octanol–water partition coefficient (Wildman–Crippen LogP) is 23.7. The molecule has 0 saturated carbocycles. The lowest BCUT2D eigenvalue weighted by Crippen LogP contribution is -2.40. The molecule has 510 valence electrons. The van der Waals surface area contributed by atoms with Crippen LogP contribution in [0.25, 0.3) is 0 Å². The Labute approximate surface area is 540 Å². The molecule has 1 N–H and O–H groups in total. The number of carbonyl (C=O) groups is 3. The van der Waals surface area contributed by atoms with Crippen LogP contribution in [-0.2, 0) is 33.3 Å². The standard InChI is InChI=1S/C78H145NO8/c1-6-8-10-12-14-16-18-20-22-24-26-28-30-32-33-34-35-36-37-38-39-40-41-42-43-45-46-48-50-52-54-56-58-60-62-64-66-68-75(80)85-72-74(73-86-78(77(82)83)84-71-70-79(3,4)5)87-76(81)69-67-65-63-61-59-57-55-53-51-49-47-44-31-29-27-25-23-21-19-17-15-13-11-9-7-2/h19,21,24-27,31,44,74,78H,6-18,20,22-23,28-30,32-43,45-73H2,1-5H3/p+1/b21-19-,26-24-,27-25-,44-31-. The van der Waals surface area contributed by atoms with E-state index in [0.717, 1.165) is 57.8 Å². The Hall–Kier alpha value is -2.75. The minimum Gasteiger partial charge on any atom is -0.477 e. The van der Waals surface area contributed by atoms with Crippen molar-refractivity contribution in [3.63, 3.8) is 0 Å². The molecule has 0 amide bonds. The van der Waals surface area contributed by atoms with Gasteiger partial charge in [-0.05, 0) is 77.0 Å². The van der Waals surface area contributed by atoms with E-state index in [9.17, 15) is 19.5 Å². The molecule has 0 aliphatic rings. The highest BCUT2D eigenvalue weighted by molar-refractivity contribution is 5.71. The highest BCUT2D eigenvalue weighted by Gasteiger charge is 2.25. The summed E-state index contributed by atoms with van der Waals surface area (Å²) >= 11 is 0. The van der Waals surface area contributed by atoms with Gasteiger partial charge in [-0.1, -0.05) is 332 Å². The van der Waals surface area contributed by atoms with Crippen LogP contribution in [0.5, 0.6) is 0 Å². The molecule has 9 heteroatoms. The molecule has 0 radical (unpaired) electrons. The third-order valence-electron chi connectivity index (χ3n) is 17.1. The van der Waals surface area contributed by atoms with E-state index in [4.69, 9.17) is 18.9 Å². The molecule has 87 heavy (non-hydrogen) atoms. The number of hydrogen-bond donors (Lipinski definition) is 1. The maximum Gasteiger partial charge on any atom is 0.361 e. The zero-order valence-electron chi connectivity index (χ0n) is 58.5. The molecular weight excluding hydrogens is 1080 g/mol. The number of rotatable bonds is 71. The number of likely N-dealkylation sites (N-methyl/N-ethyl adjacent to an activating group) is 1. The lowest BCUT2D eigenvalue weighted by Gasteiger charge is -2.25. The number of esters is 2. The minimum atomic E-state index is -1.51. The van der Waals surface area contributed by atoms with E-state index in [0.29, 0.717) is 17.4 Å². The molecule has 0 aliphatic heterocycles. The fraction of sp³-hybridized carbons (Fsp3) is 0.859. The number of quaternary nitrogens is 1. The van der Waals surface area contributed by atoms with E-state index in [1.165, 1.54) is 289 Å². The van der Waals surface area contributed by atoms with Gasteiger partial charge in [-0.3, -0.25) is 9.59 Å². The molecule has 0 aromatic carbocycles. The SMILES string of the molecule is CCCCCCC/C=C\C/C=C\C/C=C\CCCCCCCCCCCCC(=O)OC(COC(=O)CCCCCCCCCCCCCCCCCCCCCCCCCCC/C=C\CCCCCCCCCC)COC(OCC[N+](C)(C)C)C(=O)O. The van der Waals surface area contributed by atoms with Crippen molar-refractivity contribution in [3.8, 4) is 0 Å². The largest absolute Gasteiger partial charge is 0.477 e. The molecular formula is C78H146NO8+. The van der Waals surface area contributed by atoms with Crippen molar-refractivity contribution < 1.29 is 42.9 Å². The Morgan fingerprint density at radius 2 is 0.621 bits per heavy atom. The van der Waals surface area contributed by atoms with Crippen LogP contribution in [0.3, 0.4) is 0 Å². The first-order valence-corrected chi connectivity index (χ1v) is 37.8. The molecule has 0 rings (SSSR count). The number of unbranched alkanes of at least 4 members (excludes halogenated alkanes) is 48. The summed E-state index contributed by atoms with van der Waals surface area (Å²) in [5, 5.41) is 9.75. The molecule has 0 aromatic rings. The first-order chi connectivity index (χ1) is 42.6. The van der Waals surface area contributed by atoms with Crippen molar-refractivity contribution in [1.29, 1.82) is 0 Å². The van der Waals surface area contributed by atoms with Gasteiger partial charge in [0.2, 0.25) is 0 Å². The molecule has 0 bridgehead atoms. The minimum absolute atomic E-state index is 0.180. The van der Waals surface area contributed by atoms with Crippen LogP contribution in [0.4, 0.5) is 0 Å². The van der Waals surface area contributed by atoms with Gasteiger partial charge in [0, 0.05) is 12.8 Å². The Kier molecular flexibility index (Phi) is 67.0. The van der Waals surface area contributed by atoms with Crippen LogP contribution in [0.15, 0.2) is 48.6 Å². The van der Waals surface area contributed by atoms with Crippen molar-refractivity contribution in [1.82, 2.24) is 0 Å². The van der Waals surface area contributed by atoms with Crippen molar-refractivity contribution in [3.05, 3.63) is 48.6 Å². The molecule has 0 spiro atoms. The van der Waals surface area contributed by atoms with Crippen molar-refractivity contribution in [2.45, 2.75) is 386 Å². The van der Waals surface area contributed by atoms with E-state index in [2.05, 4.69) is 62.5 Å². The number of carboxylic acids is 1. The van der Waals surface area contributed by atoms with Crippen LogP contribution in [-0.4, -0.2) is 87.4 Å². The van der Waals surface area contributed by atoms with Crippen molar-refractivity contribution in [2.24, 2.45) is 0 Å². The number of carboxylic acid groups (broad SMARTS) is 1. The summed E-state index contributed by atoms with van der Waals surface area (Å²) in [7, 11) is 5.99. The van der Waals surface area contributed by atoms with Gasteiger partial charge in [-0.2, -0.15) is 0 Å². The average Bonchev–Trinajstić information content (AvgIpc) is 3.59. The zero-order valence-corrected chi connectivity index (χ0v) is 58.5. The van der Waals surface area contributed by atoms with E-state index < -0.39 is 24.3 Å². The van der Waals surface area contributed by atoms with Crippen LogP contribution < -0.4 is 0 Å². The Morgan fingerprint density at radius 3 is 0.931 bits per heavy atom. The second-order valence-electron chi connectivity index (χ2n) is 27.0. The van der Waals surface area contributed by atoms with E-state index in [1.54, 1.807) is 0 Å². The van der Waals surface area contributed by atoms with Crippen molar-refractivity contribution in [2.75, 3.05) is 47.5 Å².